The van der Waals surface area contributed by atoms with Gasteiger partial charge >= 0.3 is 0 Å². The maximum Gasteiger partial charge on any atom is 0.140 e. The van der Waals surface area contributed by atoms with E-state index in [2.05, 4.69) is 4.98 Å². The Balaban J connectivity index is 2.20. The van der Waals surface area contributed by atoms with E-state index in [1.54, 1.807) is 6.20 Å². The SMILES string of the molecule is CCn1ccnc1C(O)C1(C)CCCCO1. The Morgan fingerprint density at radius 3 is 3.06 bits per heavy atom. The largest absolute Gasteiger partial charge is 0.382 e. The van der Waals surface area contributed by atoms with Crippen LogP contribution in [0.2, 0.25) is 0 Å². The fourth-order valence-corrected chi connectivity index (χ4v) is 2.28. The summed E-state index contributed by atoms with van der Waals surface area (Å²) < 4.78 is 7.71. The second kappa shape index (κ2) is 4.55. The van der Waals surface area contributed by atoms with Gasteiger partial charge in [0.25, 0.3) is 0 Å². The Hall–Kier alpha value is -0.870. The van der Waals surface area contributed by atoms with Crippen LogP contribution in [0.1, 0.15) is 45.0 Å². The highest BCUT2D eigenvalue weighted by atomic mass is 16.5. The van der Waals surface area contributed by atoms with Crippen molar-refractivity contribution in [2.24, 2.45) is 0 Å². The lowest BCUT2D eigenvalue weighted by atomic mass is 9.89. The Labute approximate surface area is 96.3 Å². The summed E-state index contributed by atoms with van der Waals surface area (Å²) in [6, 6.07) is 0. The van der Waals surface area contributed by atoms with Gasteiger partial charge < -0.3 is 14.4 Å². The van der Waals surface area contributed by atoms with E-state index in [1.165, 1.54) is 0 Å². The predicted molar refractivity (Wildman–Crippen MR) is 61.1 cm³/mol. The molecule has 1 aromatic rings. The fraction of sp³-hybridized carbons (Fsp3) is 0.750. The Kier molecular flexibility index (Phi) is 3.30. The number of aromatic nitrogens is 2. The third-order valence-electron chi connectivity index (χ3n) is 3.41. The van der Waals surface area contributed by atoms with Crippen molar-refractivity contribution >= 4 is 0 Å². The smallest absolute Gasteiger partial charge is 0.140 e. The summed E-state index contributed by atoms with van der Waals surface area (Å²) in [5, 5.41) is 10.4. The monoisotopic (exact) mass is 224 g/mol. The number of hydrogen-bond acceptors (Lipinski definition) is 3. The molecule has 1 aliphatic heterocycles. The molecule has 0 aromatic carbocycles. The van der Waals surface area contributed by atoms with Crippen molar-refractivity contribution in [3.8, 4) is 0 Å². The Morgan fingerprint density at radius 1 is 1.62 bits per heavy atom. The topological polar surface area (TPSA) is 47.3 Å². The van der Waals surface area contributed by atoms with Crippen LogP contribution in [0.3, 0.4) is 0 Å². The molecule has 1 N–H and O–H groups in total. The number of ether oxygens (including phenoxy) is 1. The van der Waals surface area contributed by atoms with Gasteiger partial charge in [0, 0.05) is 25.5 Å². The number of hydrogen-bond donors (Lipinski definition) is 1. The fourth-order valence-electron chi connectivity index (χ4n) is 2.28. The average molecular weight is 224 g/mol. The van der Waals surface area contributed by atoms with Crippen molar-refractivity contribution in [1.29, 1.82) is 0 Å². The van der Waals surface area contributed by atoms with Crippen LogP contribution in [-0.4, -0.2) is 26.9 Å². The zero-order valence-corrected chi connectivity index (χ0v) is 10.0. The minimum atomic E-state index is -0.636. The van der Waals surface area contributed by atoms with Gasteiger partial charge in [0.2, 0.25) is 0 Å². The minimum absolute atomic E-state index is 0.476. The maximum atomic E-state index is 10.4. The molecule has 0 amide bonds. The van der Waals surface area contributed by atoms with E-state index in [0.717, 1.165) is 32.4 Å². The van der Waals surface area contributed by atoms with E-state index in [1.807, 2.05) is 24.6 Å². The lowest BCUT2D eigenvalue weighted by Gasteiger charge is -2.37. The molecule has 1 fully saturated rings. The van der Waals surface area contributed by atoms with Crippen LogP contribution >= 0.6 is 0 Å². The second-order valence-corrected chi connectivity index (χ2v) is 4.59. The van der Waals surface area contributed by atoms with Crippen LogP contribution in [-0.2, 0) is 11.3 Å². The van der Waals surface area contributed by atoms with Crippen LogP contribution in [0.4, 0.5) is 0 Å². The molecule has 0 aliphatic carbocycles. The van der Waals surface area contributed by atoms with Crippen LogP contribution in [0.5, 0.6) is 0 Å². The maximum absolute atomic E-state index is 10.4. The van der Waals surface area contributed by atoms with Crippen LogP contribution < -0.4 is 0 Å². The third kappa shape index (κ3) is 1.99. The van der Waals surface area contributed by atoms with Gasteiger partial charge in [-0.3, -0.25) is 0 Å². The molecule has 0 radical (unpaired) electrons. The highest BCUT2D eigenvalue weighted by Crippen LogP contribution is 2.35. The quantitative estimate of drug-likeness (QED) is 0.853. The number of rotatable bonds is 3. The molecule has 90 valence electrons. The molecule has 0 saturated carbocycles. The second-order valence-electron chi connectivity index (χ2n) is 4.59. The summed E-state index contributed by atoms with van der Waals surface area (Å²) in [5.41, 5.74) is -0.476. The van der Waals surface area contributed by atoms with Gasteiger partial charge in [-0.15, -0.1) is 0 Å². The lowest BCUT2D eigenvalue weighted by molar-refractivity contribution is -0.141. The van der Waals surface area contributed by atoms with Gasteiger partial charge in [0.05, 0.1) is 5.60 Å². The van der Waals surface area contributed by atoms with Gasteiger partial charge in [0.1, 0.15) is 11.9 Å². The Bertz CT molecular complexity index is 343. The molecule has 4 heteroatoms. The molecule has 0 bridgehead atoms. The number of aliphatic hydroxyl groups is 1. The average Bonchev–Trinajstić information content (AvgIpc) is 2.77. The van der Waals surface area contributed by atoms with E-state index >= 15 is 0 Å². The number of imidazole rings is 1. The molecule has 1 aromatic heterocycles. The molecule has 1 aliphatic rings. The molecular formula is C12H20N2O2. The highest BCUT2D eigenvalue weighted by molar-refractivity contribution is 5.04. The van der Waals surface area contributed by atoms with E-state index < -0.39 is 11.7 Å². The molecule has 2 atom stereocenters. The molecule has 1 saturated heterocycles. The van der Waals surface area contributed by atoms with Crippen molar-refractivity contribution in [2.45, 2.75) is 51.4 Å². The molecule has 16 heavy (non-hydrogen) atoms. The summed E-state index contributed by atoms with van der Waals surface area (Å²) in [7, 11) is 0. The van der Waals surface area contributed by atoms with Crippen LogP contribution in [0.15, 0.2) is 12.4 Å². The molecular weight excluding hydrogens is 204 g/mol. The van der Waals surface area contributed by atoms with Gasteiger partial charge in [-0.05, 0) is 33.1 Å². The molecule has 0 spiro atoms. The zero-order chi connectivity index (χ0) is 11.6. The third-order valence-corrected chi connectivity index (χ3v) is 3.41. The van der Waals surface area contributed by atoms with Crippen molar-refractivity contribution < 1.29 is 9.84 Å². The first-order valence-corrected chi connectivity index (χ1v) is 6.00. The van der Waals surface area contributed by atoms with Crippen molar-refractivity contribution in [2.75, 3.05) is 6.61 Å². The van der Waals surface area contributed by atoms with Crippen LogP contribution in [0, 0.1) is 0 Å². The summed E-state index contributed by atoms with van der Waals surface area (Å²) in [6.45, 7) is 5.58. The predicted octanol–water partition coefficient (Wildman–Crippen LogP) is 1.90. The van der Waals surface area contributed by atoms with Crippen molar-refractivity contribution in [1.82, 2.24) is 9.55 Å². The molecule has 2 rings (SSSR count). The van der Waals surface area contributed by atoms with E-state index in [0.29, 0.717) is 5.82 Å². The van der Waals surface area contributed by atoms with Gasteiger partial charge in [0.15, 0.2) is 0 Å². The summed E-state index contributed by atoms with van der Waals surface area (Å²) in [6.07, 6.45) is 6.08. The van der Waals surface area contributed by atoms with E-state index in [-0.39, 0.29) is 0 Å². The first-order chi connectivity index (χ1) is 7.67. The van der Waals surface area contributed by atoms with E-state index in [9.17, 15) is 5.11 Å². The normalized spacial score (nSPS) is 27.9. The number of aryl methyl sites for hydroxylation is 1. The molecule has 4 nitrogen and oxygen atoms in total. The zero-order valence-electron chi connectivity index (χ0n) is 10.0. The van der Waals surface area contributed by atoms with Crippen molar-refractivity contribution in [3.05, 3.63) is 18.2 Å². The first kappa shape index (κ1) is 11.6. The van der Waals surface area contributed by atoms with Gasteiger partial charge in [-0.1, -0.05) is 0 Å². The number of nitrogens with zero attached hydrogens (tertiary/aromatic N) is 2. The van der Waals surface area contributed by atoms with Crippen LogP contribution in [0.25, 0.3) is 0 Å². The molecule has 2 unspecified atom stereocenters. The van der Waals surface area contributed by atoms with E-state index in [4.69, 9.17) is 4.74 Å². The standard InChI is InChI=1S/C12H20N2O2/c1-3-14-8-7-13-11(14)10(15)12(2)6-4-5-9-16-12/h7-8,10,15H,3-6,9H2,1-2H3. The Morgan fingerprint density at radius 2 is 2.44 bits per heavy atom. The summed E-state index contributed by atoms with van der Waals surface area (Å²) in [4.78, 5) is 4.24. The molecule has 2 heterocycles. The lowest BCUT2D eigenvalue weighted by Crippen LogP contribution is -2.40. The first-order valence-electron chi connectivity index (χ1n) is 6.00. The minimum Gasteiger partial charge on any atom is -0.382 e. The summed E-state index contributed by atoms with van der Waals surface area (Å²) in [5.74, 6) is 0.715. The van der Waals surface area contributed by atoms with Crippen molar-refractivity contribution in [3.63, 3.8) is 0 Å². The highest BCUT2D eigenvalue weighted by Gasteiger charge is 2.38. The van der Waals surface area contributed by atoms with Gasteiger partial charge in [-0.25, -0.2) is 4.98 Å². The number of aliphatic hydroxyl groups excluding tert-OH is 1. The van der Waals surface area contributed by atoms with Gasteiger partial charge in [-0.2, -0.15) is 0 Å². The summed E-state index contributed by atoms with van der Waals surface area (Å²) >= 11 is 0.